The van der Waals surface area contributed by atoms with Crippen LogP contribution in [0.1, 0.15) is 68.6 Å². The molecule has 8 heteroatoms. The molecule has 1 unspecified atom stereocenters. The van der Waals surface area contributed by atoms with E-state index in [9.17, 15) is 23.6 Å². The minimum atomic E-state index is -1.38. The van der Waals surface area contributed by atoms with E-state index in [0.717, 1.165) is 62.0 Å². The van der Waals surface area contributed by atoms with Gasteiger partial charge in [-0.25, -0.2) is 13.6 Å². The van der Waals surface area contributed by atoms with Gasteiger partial charge in [0.1, 0.15) is 5.54 Å². The molecule has 0 saturated carbocycles. The topological polar surface area (TPSA) is 76.4 Å². The minimum absolute atomic E-state index is 0.238. The van der Waals surface area contributed by atoms with Crippen molar-refractivity contribution < 1.29 is 18.4 Å². The first-order valence-corrected chi connectivity index (χ1v) is 13.6. The van der Waals surface area contributed by atoms with E-state index in [4.69, 9.17) is 0 Å². The number of urea groups is 1. The number of carbonyl (C=O) groups excluding carboxylic acids is 2. The molecule has 202 valence electrons. The van der Waals surface area contributed by atoms with Crippen molar-refractivity contribution in [2.75, 3.05) is 26.2 Å². The number of nitriles is 1. The second kappa shape index (κ2) is 11.6. The number of benzene rings is 2. The molecule has 4 rings (SSSR count). The number of aryl methyl sites for hydroxylation is 1. The highest BCUT2D eigenvalue weighted by atomic mass is 19.2. The highest BCUT2D eigenvalue weighted by Crippen LogP contribution is 2.37. The van der Waals surface area contributed by atoms with Crippen molar-refractivity contribution in [3.8, 4) is 6.07 Å². The van der Waals surface area contributed by atoms with Crippen molar-refractivity contribution in [2.45, 2.75) is 69.7 Å². The molecule has 38 heavy (non-hydrogen) atoms. The van der Waals surface area contributed by atoms with Crippen molar-refractivity contribution in [2.24, 2.45) is 0 Å². The number of likely N-dealkylation sites (tertiary alicyclic amines) is 1. The second-order valence-electron chi connectivity index (χ2n) is 10.6. The fraction of sp³-hybridized carbons (Fsp3) is 0.500. The molecule has 0 radical (unpaired) electrons. The molecular weight excluding hydrogens is 486 g/mol. The van der Waals surface area contributed by atoms with Crippen molar-refractivity contribution in [3.05, 3.63) is 70.8 Å². The van der Waals surface area contributed by atoms with Gasteiger partial charge in [-0.05, 0) is 81.1 Å². The summed E-state index contributed by atoms with van der Waals surface area (Å²) in [6.07, 6.45) is 4.83. The number of nitrogens with zero attached hydrogens (tertiary/aromatic N) is 3. The molecule has 3 amide bonds. The summed E-state index contributed by atoms with van der Waals surface area (Å²) >= 11 is 0. The zero-order valence-electron chi connectivity index (χ0n) is 22.2. The standard InChI is InChI=1S/C30H36F2N4O2/c1-3-4-7-13-30(23-11-12-25(31)26(32)20-23)27(37)36(28(38)34-30)17-8-16-35-18-14-29(21-33,15-19-35)24-10-6-5-9-22(24)2/h5-6,9-12,20H,3-4,7-8,13-19H2,1-2H3,(H,34,38). The number of halogens is 2. The summed E-state index contributed by atoms with van der Waals surface area (Å²) in [7, 11) is 0. The third-order valence-electron chi connectivity index (χ3n) is 8.18. The molecule has 2 aromatic rings. The number of hydrogen-bond donors (Lipinski definition) is 1. The molecule has 6 nitrogen and oxygen atoms in total. The average Bonchev–Trinajstić information content (AvgIpc) is 3.16. The van der Waals surface area contributed by atoms with Gasteiger partial charge in [-0.1, -0.05) is 56.5 Å². The number of piperidine rings is 1. The summed E-state index contributed by atoms with van der Waals surface area (Å²) in [5.74, 6) is -2.44. The van der Waals surface area contributed by atoms with Crippen molar-refractivity contribution in [1.29, 1.82) is 5.26 Å². The second-order valence-corrected chi connectivity index (χ2v) is 10.6. The fourth-order valence-corrected chi connectivity index (χ4v) is 5.90. The molecule has 2 saturated heterocycles. The quantitative estimate of drug-likeness (QED) is 0.328. The highest BCUT2D eigenvalue weighted by Gasteiger charge is 2.52. The maximum absolute atomic E-state index is 14.1. The molecule has 0 aliphatic carbocycles. The first-order valence-electron chi connectivity index (χ1n) is 13.6. The van der Waals surface area contributed by atoms with Gasteiger partial charge in [-0.3, -0.25) is 9.69 Å². The Kier molecular flexibility index (Phi) is 8.47. The molecule has 2 aliphatic rings. The lowest BCUT2D eigenvalue weighted by Crippen LogP contribution is -2.44. The molecule has 2 heterocycles. The Labute approximate surface area is 223 Å². The van der Waals surface area contributed by atoms with Gasteiger partial charge >= 0.3 is 6.03 Å². The SMILES string of the molecule is CCCCCC1(c2ccc(F)c(F)c2)NC(=O)N(CCCN2CCC(C#N)(c3ccccc3C)CC2)C1=O. The Morgan fingerprint density at radius 2 is 1.74 bits per heavy atom. The van der Waals surface area contributed by atoms with Crippen molar-refractivity contribution in [3.63, 3.8) is 0 Å². The molecule has 2 fully saturated rings. The summed E-state index contributed by atoms with van der Waals surface area (Å²) in [6, 6.07) is 13.5. The number of nitrogens with one attached hydrogen (secondary N) is 1. The van der Waals surface area contributed by atoms with Crippen LogP contribution < -0.4 is 5.32 Å². The van der Waals surface area contributed by atoms with E-state index >= 15 is 0 Å². The Balaban J connectivity index is 1.39. The van der Waals surface area contributed by atoms with E-state index in [2.05, 4.69) is 16.3 Å². The molecule has 0 spiro atoms. The predicted molar refractivity (Wildman–Crippen MR) is 141 cm³/mol. The third kappa shape index (κ3) is 5.30. The molecule has 1 atom stereocenters. The monoisotopic (exact) mass is 522 g/mol. The molecule has 0 aromatic heterocycles. The summed E-state index contributed by atoms with van der Waals surface area (Å²) in [5.41, 5.74) is 0.622. The summed E-state index contributed by atoms with van der Waals surface area (Å²) in [4.78, 5) is 30.0. The first-order chi connectivity index (χ1) is 18.3. The van der Waals surface area contributed by atoms with Gasteiger partial charge in [-0.15, -0.1) is 0 Å². The van der Waals surface area contributed by atoms with E-state index in [1.54, 1.807) is 0 Å². The minimum Gasteiger partial charge on any atom is -0.319 e. The largest absolute Gasteiger partial charge is 0.325 e. The Bertz CT molecular complexity index is 1220. The predicted octanol–water partition coefficient (Wildman–Crippen LogP) is 5.55. The van der Waals surface area contributed by atoms with Gasteiger partial charge in [0.15, 0.2) is 11.6 Å². The van der Waals surface area contributed by atoms with Crippen LogP contribution in [0, 0.1) is 29.9 Å². The molecule has 1 N–H and O–H groups in total. The third-order valence-corrected chi connectivity index (χ3v) is 8.18. The van der Waals surface area contributed by atoms with Gasteiger partial charge in [-0.2, -0.15) is 5.26 Å². The number of imide groups is 1. The van der Waals surface area contributed by atoms with Crippen LogP contribution in [0.15, 0.2) is 42.5 Å². The lowest BCUT2D eigenvalue weighted by atomic mass is 9.72. The Morgan fingerprint density at radius 1 is 1.00 bits per heavy atom. The number of amides is 3. The van der Waals surface area contributed by atoms with Crippen LogP contribution in [0.2, 0.25) is 0 Å². The first kappa shape index (κ1) is 27.7. The summed E-state index contributed by atoms with van der Waals surface area (Å²) < 4.78 is 27.7. The Morgan fingerprint density at radius 3 is 2.39 bits per heavy atom. The lowest BCUT2D eigenvalue weighted by Gasteiger charge is -2.38. The van der Waals surface area contributed by atoms with Crippen LogP contribution in [0.5, 0.6) is 0 Å². The van der Waals surface area contributed by atoms with Crippen molar-refractivity contribution in [1.82, 2.24) is 15.1 Å². The van der Waals surface area contributed by atoms with Crippen LogP contribution in [0.25, 0.3) is 0 Å². The van der Waals surface area contributed by atoms with Gasteiger partial charge in [0.2, 0.25) is 0 Å². The van der Waals surface area contributed by atoms with Gasteiger partial charge in [0.05, 0.1) is 11.5 Å². The van der Waals surface area contributed by atoms with E-state index in [-0.39, 0.29) is 12.1 Å². The highest BCUT2D eigenvalue weighted by molar-refractivity contribution is 6.07. The van der Waals surface area contributed by atoms with Crippen LogP contribution in [-0.4, -0.2) is 47.9 Å². The van der Waals surface area contributed by atoms with Gasteiger partial charge in [0, 0.05) is 6.54 Å². The molecule has 2 aliphatic heterocycles. The normalized spacial score (nSPS) is 21.4. The van der Waals surface area contributed by atoms with E-state index in [1.165, 1.54) is 11.0 Å². The van der Waals surface area contributed by atoms with Crippen LogP contribution in [0.3, 0.4) is 0 Å². The maximum atomic E-state index is 14.1. The van der Waals surface area contributed by atoms with E-state index in [1.807, 2.05) is 38.1 Å². The average molecular weight is 523 g/mol. The van der Waals surface area contributed by atoms with Crippen LogP contribution >= 0.6 is 0 Å². The number of rotatable bonds is 10. The van der Waals surface area contributed by atoms with E-state index in [0.29, 0.717) is 25.8 Å². The van der Waals surface area contributed by atoms with Gasteiger partial charge in [0.25, 0.3) is 5.91 Å². The van der Waals surface area contributed by atoms with Gasteiger partial charge < -0.3 is 10.2 Å². The van der Waals surface area contributed by atoms with E-state index < -0.39 is 34.5 Å². The summed E-state index contributed by atoms with van der Waals surface area (Å²) in [6.45, 7) is 6.53. The zero-order chi connectivity index (χ0) is 27.3. The molecule has 0 bridgehead atoms. The number of unbranched alkanes of at least 4 members (excludes halogenated alkanes) is 2. The lowest BCUT2D eigenvalue weighted by molar-refractivity contribution is -0.132. The fourth-order valence-electron chi connectivity index (χ4n) is 5.90. The van der Waals surface area contributed by atoms with Crippen molar-refractivity contribution >= 4 is 11.9 Å². The maximum Gasteiger partial charge on any atom is 0.325 e. The Hall–Kier alpha value is -3.31. The zero-order valence-corrected chi connectivity index (χ0v) is 22.2. The molecule has 2 aromatic carbocycles. The smallest absolute Gasteiger partial charge is 0.319 e. The molecular formula is C30H36F2N4O2. The van der Waals surface area contributed by atoms with Crippen LogP contribution in [0.4, 0.5) is 13.6 Å². The number of hydrogen-bond acceptors (Lipinski definition) is 4. The summed E-state index contributed by atoms with van der Waals surface area (Å²) in [5, 5.41) is 12.9. The number of carbonyl (C=O) groups is 2. The van der Waals surface area contributed by atoms with Crippen LogP contribution in [-0.2, 0) is 15.7 Å².